The number of nitrogen functional groups attached to an aromatic ring is 1. The van der Waals surface area contributed by atoms with Gasteiger partial charge >= 0.3 is 6.09 Å². The van der Waals surface area contributed by atoms with Crippen LogP contribution in [0.1, 0.15) is 70.4 Å². The van der Waals surface area contributed by atoms with Gasteiger partial charge in [0.1, 0.15) is 23.6 Å². The van der Waals surface area contributed by atoms with E-state index in [4.69, 9.17) is 10.5 Å². The lowest BCUT2D eigenvalue weighted by Gasteiger charge is -2.24. The number of fused-ring (bicyclic) bond motifs is 2. The second-order valence-corrected chi connectivity index (χ2v) is 10.6. The Morgan fingerprint density at radius 2 is 2.11 bits per heavy atom. The zero-order chi connectivity index (χ0) is 25.8. The third kappa shape index (κ3) is 5.68. The van der Waals surface area contributed by atoms with Crippen LogP contribution in [0.2, 0.25) is 0 Å². The van der Waals surface area contributed by atoms with Crippen molar-refractivity contribution < 1.29 is 9.53 Å². The van der Waals surface area contributed by atoms with Crippen LogP contribution in [-0.4, -0.2) is 32.2 Å². The van der Waals surface area contributed by atoms with Gasteiger partial charge in [0.25, 0.3) is 0 Å². The second-order valence-electron chi connectivity index (χ2n) is 10.6. The molecule has 1 fully saturated rings. The third-order valence-electron chi connectivity index (χ3n) is 7.73. The normalized spacial score (nSPS) is 19.5. The fourth-order valence-corrected chi connectivity index (χ4v) is 5.54. The summed E-state index contributed by atoms with van der Waals surface area (Å²) >= 11 is 0. The number of carbonyl (C=O) groups excluding carboxylic acids is 1. The fraction of sp³-hybridized carbons (Fsp3) is 0.448. The van der Waals surface area contributed by atoms with Crippen LogP contribution in [0.15, 0.2) is 48.9 Å². The molecule has 1 aliphatic carbocycles. The zero-order valence-corrected chi connectivity index (χ0v) is 21.7. The van der Waals surface area contributed by atoms with E-state index < -0.39 is 6.09 Å². The first kappa shape index (κ1) is 25.0. The number of aromatic nitrogens is 4. The molecule has 5 rings (SSSR count). The number of unbranched alkanes of at least 4 members (excludes halogenated alkanes) is 2. The minimum absolute atomic E-state index is 0.276. The molecule has 8 heteroatoms. The number of ether oxygens (including phenoxy) is 1. The van der Waals surface area contributed by atoms with Crippen LogP contribution in [0.3, 0.4) is 0 Å². The summed E-state index contributed by atoms with van der Waals surface area (Å²) in [5.74, 6) is 1.05. The molecule has 1 unspecified atom stereocenters. The maximum atomic E-state index is 12.0. The lowest BCUT2D eigenvalue weighted by Crippen LogP contribution is -2.15. The number of nitrogens with zero attached hydrogens (tertiary/aromatic N) is 4. The van der Waals surface area contributed by atoms with Gasteiger partial charge in [-0.15, -0.1) is 0 Å². The first-order chi connectivity index (χ1) is 17.9. The summed E-state index contributed by atoms with van der Waals surface area (Å²) in [5.41, 5.74) is 9.41. The van der Waals surface area contributed by atoms with Gasteiger partial charge in [-0.3, -0.25) is 5.32 Å². The summed E-state index contributed by atoms with van der Waals surface area (Å²) in [6.45, 7) is 4.96. The smallest absolute Gasteiger partial charge is 0.412 e. The quantitative estimate of drug-likeness (QED) is 0.249. The Morgan fingerprint density at radius 3 is 2.97 bits per heavy atom. The van der Waals surface area contributed by atoms with Crippen LogP contribution in [0.5, 0.6) is 0 Å². The van der Waals surface area contributed by atoms with Gasteiger partial charge in [0, 0.05) is 17.6 Å². The Hall–Kier alpha value is -3.68. The van der Waals surface area contributed by atoms with Gasteiger partial charge < -0.3 is 15.0 Å². The van der Waals surface area contributed by atoms with Crippen molar-refractivity contribution in [2.24, 2.45) is 5.41 Å². The SMILES string of the molecule is CCCCCOC(=O)Nc1ccc2cc(CC[C@]3(C)CCC(n4ccc5c(N)ncnc54)C3)ccc2n1. The molecule has 1 aliphatic rings. The molecule has 0 spiro atoms. The van der Waals surface area contributed by atoms with E-state index in [0.29, 0.717) is 24.3 Å². The van der Waals surface area contributed by atoms with Gasteiger partial charge in [0.05, 0.1) is 17.5 Å². The standard InChI is InChI=1S/C29H36N6O2/c1-3-4-5-16-37-28(36)34-25-9-7-21-17-20(6-8-24(21)33-25)10-13-29(2)14-11-22(18-29)35-15-12-23-26(30)31-19-32-27(23)35/h6-9,12,15,17,19,22H,3-5,10-11,13-14,16,18H2,1-2H3,(H2,30,31,32)(H,33,34,36)/t22?,29-/m1/s1. The molecule has 1 aromatic carbocycles. The predicted molar refractivity (Wildman–Crippen MR) is 147 cm³/mol. The number of rotatable bonds is 9. The number of carbonyl (C=O) groups is 1. The van der Waals surface area contributed by atoms with E-state index in [-0.39, 0.29) is 5.41 Å². The van der Waals surface area contributed by atoms with Gasteiger partial charge in [-0.1, -0.05) is 32.8 Å². The van der Waals surface area contributed by atoms with E-state index in [1.54, 1.807) is 6.33 Å². The first-order valence-corrected chi connectivity index (χ1v) is 13.3. The second kappa shape index (κ2) is 10.7. The number of nitrogens with two attached hydrogens (primary N) is 1. The van der Waals surface area contributed by atoms with Gasteiger partial charge in [-0.05, 0) is 79.8 Å². The highest BCUT2D eigenvalue weighted by molar-refractivity contribution is 5.87. The topological polar surface area (TPSA) is 108 Å². The molecule has 1 amide bonds. The van der Waals surface area contributed by atoms with E-state index in [0.717, 1.165) is 66.9 Å². The van der Waals surface area contributed by atoms with Crippen molar-refractivity contribution in [3.8, 4) is 0 Å². The molecule has 194 valence electrons. The highest BCUT2D eigenvalue weighted by Gasteiger charge is 2.36. The summed E-state index contributed by atoms with van der Waals surface area (Å²) in [7, 11) is 0. The van der Waals surface area contributed by atoms with Crippen molar-refractivity contribution >= 4 is 39.7 Å². The Labute approximate surface area is 217 Å². The summed E-state index contributed by atoms with van der Waals surface area (Å²) in [5, 5.41) is 4.74. The lowest BCUT2D eigenvalue weighted by molar-refractivity contribution is 0.159. The average molecular weight is 501 g/mol. The minimum Gasteiger partial charge on any atom is -0.449 e. The number of hydrogen-bond donors (Lipinski definition) is 2. The molecule has 4 aromatic rings. The molecule has 1 saturated carbocycles. The van der Waals surface area contributed by atoms with Gasteiger partial charge in [-0.25, -0.2) is 19.7 Å². The number of aryl methyl sites for hydroxylation is 1. The number of amides is 1. The fourth-order valence-electron chi connectivity index (χ4n) is 5.54. The summed E-state index contributed by atoms with van der Waals surface area (Å²) in [4.78, 5) is 25.2. The van der Waals surface area contributed by atoms with Crippen molar-refractivity contribution in [3.05, 3.63) is 54.5 Å². The van der Waals surface area contributed by atoms with Crippen molar-refractivity contribution in [1.29, 1.82) is 0 Å². The highest BCUT2D eigenvalue weighted by atomic mass is 16.5. The molecular weight excluding hydrogens is 464 g/mol. The molecular formula is C29H36N6O2. The summed E-state index contributed by atoms with van der Waals surface area (Å²) < 4.78 is 7.51. The van der Waals surface area contributed by atoms with Crippen molar-refractivity contribution in [1.82, 2.24) is 19.5 Å². The number of nitrogens with one attached hydrogen (secondary N) is 1. The van der Waals surface area contributed by atoms with Crippen LogP contribution in [0.4, 0.5) is 16.4 Å². The Kier molecular flexibility index (Phi) is 7.26. The maximum Gasteiger partial charge on any atom is 0.412 e. The maximum absolute atomic E-state index is 12.0. The largest absolute Gasteiger partial charge is 0.449 e. The molecule has 0 radical (unpaired) electrons. The van der Waals surface area contributed by atoms with Crippen molar-refractivity contribution in [2.75, 3.05) is 17.7 Å². The molecule has 3 aromatic heterocycles. The molecule has 2 atom stereocenters. The van der Waals surface area contributed by atoms with Gasteiger partial charge in [-0.2, -0.15) is 0 Å². The zero-order valence-electron chi connectivity index (χ0n) is 21.7. The summed E-state index contributed by atoms with van der Waals surface area (Å²) in [6, 6.07) is 12.7. The van der Waals surface area contributed by atoms with Crippen LogP contribution in [0, 0.1) is 5.41 Å². The predicted octanol–water partition coefficient (Wildman–Crippen LogP) is 6.66. The van der Waals surface area contributed by atoms with Crippen LogP contribution < -0.4 is 11.1 Å². The van der Waals surface area contributed by atoms with Crippen LogP contribution in [-0.2, 0) is 11.2 Å². The van der Waals surface area contributed by atoms with E-state index >= 15 is 0 Å². The molecule has 0 saturated heterocycles. The lowest BCUT2D eigenvalue weighted by atomic mass is 9.82. The van der Waals surface area contributed by atoms with Gasteiger partial charge in [0.2, 0.25) is 0 Å². The molecule has 0 aliphatic heterocycles. The molecule has 0 bridgehead atoms. The Balaban J connectivity index is 1.18. The molecule has 8 nitrogen and oxygen atoms in total. The average Bonchev–Trinajstić information content (AvgIpc) is 3.50. The molecule has 3 N–H and O–H groups in total. The number of pyridine rings is 1. The van der Waals surface area contributed by atoms with E-state index in [1.807, 2.05) is 24.3 Å². The highest BCUT2D eigenvalue weighted by Crippen LogP contribution is 2.47. The number of anilines is 2. The van der Waals surface area contributed by atoms with Crippen molar-refractivity contribution in [2.45, 2.75) is 71.3 Å². The van der Waals surface area contributed by atoms with E-state index in [1.165, 1.54) is 12.0 Å². The first-order valence-electron chi connectivity index (χ1n) is 13.3. The van der Waals surface area contributed by atoms with Crippen LogP contribution in [0.25, 0.3) is 21.9 Å². The van der Waals surface area contributed by atoms with E-state index in [9.17, 15) is 4.79 Å². The van der Waals surface area contributed by atoms with E-state index in [2.05, 4.69) is 57.0 Å². The molecule has 3 heterocycles. The third-order valence-corrected chi connectivity index (χ3v) is 7.73. The summed E-state index contributed by atoms with van der Waals surface area (Å²) in [6.07, 6.45) is 11.8. The Morgan fingerprint density at radius 1 is 1.22 bits per heavy atom. The number of hydrogen-bond acceptors (Lipinski definition) is 6. The minimum atomic E-state index is -0.452. The number of benzene rings is 1. The Bertz CT molecular complexity index is 1400. The van der Waals surface area contributed by atoms with Gasteiger partial charge in [0.15, 0.2) is 0 Å². The monoisotopic (exact) mass is 500 g/mol. The molecule has 37 heavy (non-hydrogen) atoms. The van der Waals surface area contributed by atoms with Crippen molar-refractivity contribution in [3.63, 3.8) is 0 Å². The van der Waals surface area contributed by atoms with Crippen LogP contribution >= 0.6 is 0 Å².